The minimum atomic E-state index is -0.301. The molecule has 4 heteroatoms. The first-order valence-corrected chi connectivity index (χ1v) is 7.03. The highest BCUT2D eigenvalue weighted by molar-refractivity contribution is 5.84. The summed E-state index contributed by atoms with van der Waals surface area (Å²) in [5, 5.41) is 6.52. The third-order valence-corrected chi connectivity index (χ3v) is 4.69. The van der Waals surface area contributed by atoms with Crippen molar-refractivity contribution in [1.29, 1.82) is 0 Å². The SMILES string of the molecule is O=C(NCC1CC=CC1)[C@]12CNC[C@H]1CCOC2. The van der Waals surface area contributed by atoms with Gasteiger partial charge in [-0.3, -0.25) is 4.79 Å². The molecule has 0 aromatic rings. The van der Waals surface area contributed by atoms with Gasteiger partial charge in [-0.1, -0.05) is 12.2 Å². The number of fused-ring (bicyclic) bond motifs is 1. The molecule has 2 N–H and O–H groups in total. The number of carbonyl (C=O) groups excluding carboxylic acids is 1. The van der Waals surface area contributed by atoms with E-state index in [-0.39, 0.29) is 11.3 Å². The topological polar surface area (TPSA) is 50.4 Å². The number of hydrogen-bond donors (Lipinski definition) is 2. The smallest absolute Gasteiger partial charge is 0.230 e. The Morgan fingerprint density at radius 1 is 1.44 bits per heavy atom. The molecule has 2 fully saturated rings. The summed E-state index contributed by atoms with van der Waals surface area (Å²) in [6, 6.07) is 0. The lowest BCUT2D eigenvalue weighted by molar-refractivity contribution is -0.141. The minimum Gasteiger partial charge on any atom is -0.380 e. The van der Waals surface area contributed by atoms with E-state index in [2.05, 4.69) is 22.8 Å². The van der Waals surface area contributed by atoms with Crippen molar-refractivity contribution >= 4 is 5.91 Å². The van der Waals surface area contributed by atoms with Crippen LogP contribution in [0.3, 0.4) is 0 Å². The van der Waals surface area contributed by atoms with Gasteiger partial charge in [0, 0.05) is 19.7 Å². The van der Waals surface area contributed by atoms with E-state index in [9.17, 15) is 4.79 Å². The molecule has 0 unspecified atom stereocenters. The Kier molecular flexibility index (Phi) is 3.39. The highest BCUT2D eigenvalue weighted by Gasteiger charge is 2.50. The summed E-state index contributed by atoms with van der Waals surface area (Å²) in [6.07, 6.45) is 7.62. The van der Waals surface area contributed by atoms with E-state index in [4.69, 9.17) is 4.74 Å². The largest absolute Gasteiger partial charge is 0.380 e. The van der Waals surface area contributed by atoms with Crippen LogP contribution in [0.25, 0.3) is 0 Å². The van der Waals surface area contributed by atoms with Gasteiger partial charge < -0.3 is 15.4 Å². The third-order valence-electron chi connectivity index (χ3n) is 4.69. The Balaban J connectivity index is 1.59. The lowest BCUT2D eigenvalue weighted by Crippen LogP contribution is -2.52. The van der Waals surface area contributed by atoms with Gasteiger partial charge in [0.2, 0.25) is 5.91 Å². The lowest BCUT2D eigenvalue weighted by atomic mass is 9.75. The Morgan fingerprint density at radius 2 is 2.28 bits per heavy atom. The van der Waals surface area contributed by atoms with Crippen LogP contribution in [0.5, 0.6) is 0 Å². The molecule has 4 nitrogen and oxygen atoms in total. The van der Waals surface area contributed by atoms with Crippen LogP contribution in [0.2, 0.25) is 0 Å². The summed E-state index contributed by atoms with van der Waals surface area (Å²) in [5.74, 6) is 1.25. The predicted molar refractivity (Wildman–Crippen MR) is 69.1 cm³/mol. The molecular weight excluding hydrogens is 228 g/mol. The molecule has 0 aromatic heterocycles. The van der Waals surface area contributed by atoms with E-state index < -0.39 is 0 Å². The van der Waals surface area contributed by atoms with Crippen LogP contribution in [0.4, 0.5) is 0 Å². The zero-order valence-electron chi connectivity index (χ0n) is 10.8. The number of hydrogen-bond acceptors (Lipinski definition) is 3. The first kappa shape index (κ1) is 12.2. The molecule has 100 valence electrons. The maximum absolute atomic E-state index is 12.5. The standard InChI is InChI=1S/C14H22N2O2/c17-13(16-7-11-3-1-2-4-11)14-9-15-8-12(14)5-6-18-10-14/h1-2,11-12,15H,3-10H2,(H,16,17)/t12-,14+/m1/s1. The number of nitrogens with one attached hydrogen (secondary N) is 2. The maximum Gasteiger partial charge on any atom is 0.230 e. The van der Waals surface area contributed by atoms with Gasteiger partial charge in [-0.05, 0) is 37.6 Å². The van der Waals surface area contributed by atoms with Crippen LogP contribution in [-0.2, 0) is 9.53 Å². The summed E-state index contributed by atoms with van der Waals surface area (Å²) in [6.45, 7) is 3.92. The fourth-order valence-electron chi connectivity index (χ4n) is 3.42. The summed E-state index contributed by atoms with van der Waals surface area (Å²) in [7, 11) is 0. The van der Waals surface area contributed by atoms with Gasteiger partial charge in [-0.15, -0.1) is 0 Å². The number of ether oxygens (including phenoxy) is 1. The van der Waals surface area contributed by atoms with Gasteiger partial charge >= 0.3 is 0 Å². The molecule has 1 aliphatic carbocycles. The normalized spacial score (nSPS) is 35.7. The molecular formula is C14H22N2O2. The zero-order valence-corrected chi connectivity index (χ0v) is 10.8. The van der Waals surface area contributed by atoms with E-state index in [1.165, 1.54) is 0 Å². The predicted octanol–water partition coefficient (Wildman–Crippen LogP) is 0.695. The molecule has 3 aliphatic rings. The van der Waals surface area contributed by atoms with Gasteiger partial charge in [0.25, 0.3) is 0 Å². The second-order valence-electron chi connectivity index (χ2n) is 5.84. The number of allylic oxidation sites excluding steroid dienone is 2. The van der Waals surface area contributed by atoms with E-state index in [1.54, 1.807) is 0 Å². The van der Waals surface area contributed by atoms with Crippen LogP contribution >= 0.6 is 0 Å². The molecule has 2 aliphatic heterocycles. The number of rotatable bonds is 3. The van der Waals surface area contributed by atoms with Crippen LogP contribution in [0, 0.1) is 17.3 Å². The Morgan fingerprint density at radius 3 is 3.11 bits per heavy atom. The average Bonchev–Trinajstić information content (AvgIpc) is 3.05. The molecule has 1 amide bonds. The summed E-state index contributed by atoms with van der Waals surface area (Å²) >= 11 is 0. The highest BCUT2D eigenvalue weighted by atomic mass is 16.5. The molecule has 18 heavy (non-hydrogen) atoms. The first-order chi connectivity index (χ1) is 8.81. The average molecular weight is 250 g/mol. The van der Waals surface area contributed by atoms with Crippen molar-refractivity contribution in [1.82, 2.24) is 10.6 Å². The molecule has 0 bridgehead atoms. The maximum atomic E-state index is 12.5. The zero-order chi connectivity index (χ0) is 12.4. The summed E-state index contributed by atoms with van der Waals surface area (Å²) in [5.41, 5.74) is -0.301. The van der Waals surface area contributed by atoms with Gasteiger partial charge in [0.05, 0.1) is 12.0 Å². The van der Waals surface area contributed by atoms with Gasteiger partial charge in [-0.25, -0.2) is 0 Å². The van der Waals surface area contributed by atoms with Gasteiger partial charge in [-0.2, -0.15) is 0 Å². The van der Waals surface area contributed by atoms with E-state index in [0.717, 1.165) is 45.5 Å². The fourth-order valence-corrected chi connectivity index (χ4v) is 3.42. The second kappa shape index (κ2) is 5.02. The Bertz CT molecular complexity index is 348. The van der Waals surface area contributed by atoms with Crippen molar-refractivity contribution in [3.63, 3.8) is 0 Å². The lowest BCUT2D eigenvalue weighted by Gasteiger charge is -2.37. The quantitative estimate of drug-likeness (QED) is 0.725. The van der Waals surface area contributed by atoms with Crippen LogP contribution in [0.15, 0.2) is 12.2 Å². The van der Waals surface area contributed by atoms with Crippen LogP contribution in [0.1, 0.15) is 19.3 Å². The number of carbonyl (C=O) groups is 1. The van der Waals surface area contributed by atoms with Crippen molar-refractivity contribution in [2.45, 2.75) is 19.3 Å². The van der Waals surface area contributed by atoms with Crippen molar-refractivity contribution in [3.8, 4) is 0 Å². The molecule has 3 rings (SSSR count). The monoisotopic (exact) mass is 250 g/mol. The highest BCUT2D eigenvalue weighted by Crippen LogP contribution is 2.37. The van der Waals surface area contributed by atoms with Gasteiger partial charge in [0.15, 0.2) is 0 Å². The van der Waals surface area contributed by atoms with Crippen LogP contribution < -0.4 is 10.6 Å². The Labute approximate surface area is 108 Å². The third kappa shape index (κ3) is 2.08. The molecule has 0 aromatic carbocycles. The van der Waals surface area contributed by atoms with Crippen molar-refractivity contribution < 1.29 is 9.53 Å². The Hall–Kier alpha value is -0.870. The molecule has 2 atom stereocenters. The minimum absolute atomic E-state index is 0.198. The molecule has 0 radical (unpaired) electrons. The first-order valence-electron chi connectivity index (χ1n) is 7.03. The van der Waals surface area contributed by atoms with Crippen molar-refractivity contribution in [2.75, 3.05) is 32.8 Å². The van der Waals surface area contributed by atoms with E-state index >= 15 is 0 Å². The summed E-state index contributed by atoms with van der Waals surface area (Å²) in [4.78, 5) is 12.5. The summed E-state index contributed by atoms with van der Waals surface area (Å²) < 4.78 is 5.57. The molecule has 0 saturated carbocycles. The van der Waals surface area contributed by atoms with Gasteiger partial charge in [0.1, 0.15) is 0 Å². The van der Waals surface area contributed by atoms with Crippen molar-refractivity contribution in [2.24, 2.45) is 17.3 Å². The molecule has 0 spiro atoms. The van der Waals surface area contributed by atoms with Crippen LogP contribution in [-0.4, -0.2) is 38.8 Å². The number of amides is 1. The van der Waals surface area contributed by atoms with E-state index in [0.29, 0.717) is 18.4 Å². The molecule has 2 saturated heterocycles. The second-order valence-corrected chi connectivity index (χ2v) is 5.84. The van der Waals surface area contributed by atoms with E-state index in [1.807, 2.05) is 0 Å². The molecule has 2 heterocycles. The fraction of sp³-hybridized carbons (Fsp3) is 0.786. The van der Waals surface area contributed by atoms with Crippen molar-refractivity contribution in [3.05, 3.63) is 12.2 Å².